The molecule has 0 radical (unpaired) electrons. The van der Waals surface area contributed by atoms with Gasteiger partial charge in [-0.15, -0.1) is 0 Å². The Morgan fingerprint density at radius 2 is 0.690 bits per heavy atom. The minimum Gasteiger partial charge on any atom is -0.309 e. The Morgan fingerprint density at radius 3 is 1.00 bits per heavy atom. The van der Waals surface area contributed by atoms with Crippen LogP contribution >= 0.6 is 0 Å². The van der Waals surface area contributed by atoms with E-state index in [0.717, 1.165) is 72.6 Å². The quantitative estimate of drug-likeness (QED) is 0.149. The normalized spacial score (nSPS) is 12.6. The van der Waals surface area contributed by atoms with Crippen molar-refractivity contribution in [3.63, 3.8) is 0 Å². The van der Waals surface area contributed by atoms with Crippen molar-refractivity contribution in [3.8, 4) is 33.6 Å². The van der Waals surface area contributed by atoms with E-state index in [1.165, 1.54) is 24.3 Å². The highest BCUT2D eigenvalue weighted by atomic mass is 19.4. The Bertz CT molecular complexity index is 2850. The smallest absolute Gasteiger partial charge is 0.309 e. The molecular weight excluding hydrogens is 743 g/mol. The molecule has 0 saturated heterocycles. The maximum Gasteiger partial charge on any atom is 0.416 e. The van der Waals surface area contributed by atoms with Crippen LogP contribution in [0, 0.1) is 0 Å². The van der Waals surface area contributed by atoms with Crippen molar-refractivity contribution in [1.82, 2.24) is 9.13 Å². The molecule has 0 spiro atoms. The molecule has 2 heterocycles. The monoisotopic (exact) mass is 780 g/mol. The van der Waals surface area contributed by atoms with E-state index < -0.39 is 23.5 Å². The molecule has 2 aromatic heterocycles. The van der Waals surface area contributed by atoms with Gasteiger partial charge in [-0.3, -0.25) is 0 Å². The van der Waals surface area contributed by atoms with E-state index in [1.807, 2.05) is 125 Å². The van der Waals surface area contributed by atoms with Gasteiger partial charge < -0.3 is 9.13 Å². The van der Waals surface area contributed by atoms with E-state index in [4.69, 9.17) is 0 Å². The summed E-state index contributed by atoms with van der Waals surface area (Å²) >= 11 is 0. The molecule has 8 heteroatoms. The second-order valence-corrected chi connectivity index (χ2v) is 15.5. The third-order valence-corrected chi connectivity index (χ3v) is 11.2. The predicted molar refractivity (Wildman–Crippen MR) is 224 cm³/mol. The second kappa shape index (κ2) is 13.7. The lowest BCUT2D eigenvalue weighted by Gasteiger charge is -2.32. The molecule has 290 valence electrons. The van der Waals surface area contributed by atoms with Crippen LogP contribution in [0.5, 0.6) is 0 Å². The number of fused-ring (bicyclic) bond motifs is 6. The molecule has 0 unspecified atom stereocenters. The predicted octanol–water partition coefficient (Wildman–Crippen LogP) is 15.5. The highest BCUT2D eigenvalue weighted by Gasteiger charge is 2.36. The number of hydrogen-bond acceptors (Lipinski definition) is 0. The molecule has 7 aromatic carbocycles. The zero-order valence-corrected chi connectivity index (χ0v) is 32.2. The van der Waals surface area contributed by atoms with E-state index in [1.54, 1.807) is 12.1 Å². The van der Waals surface area contributed by atoms with Crippen LogP contribution < -0.4 is 0 Å². The first-order chi connectivity index (χ1) is 27.8. The van der Waals surface area contributed by atoms with E-state index in [0.29, 0.717) is 27.9 Å². The lowest BCUT2D eigenvalue weighted by molar-refractivity contribution is -0.138. The van der Waals surface area contributed by atoms with Gasteiger partial charge in [-0.2, -0.15) is 26.3 Å². The van der Waals surface area contributed by atoms with E-state index in [2.05, 4.69) is 9.13 Å². The molecule has 0 saturated carbocycles. The molecule has 0 fully saturated rings. The average Bonchev–Trinajstić information content (AvgIpc) is 3.72. The number of rotatable bonds is 6. The summed E-state index contributed by atoms with van der Waals surface area (Å²) < 4.78 is 92.7. The summed E-state index contributed by atoms with van der Waals surface area (Å²) in [5.74, 6) is -0.557. The maximum atomic E-state index is 14.7. The Hall–Kier alpha value is -6.28. The molecule has 0 amide bonds. The molecule has 0 aliphatic carbocycles. The molecule has 2 nitrogen and oxygen atoms in total. The number of para-hydroxylation sites is 4. The number of aromatic nitrogens is 2. The molecule has 58 heavy (non-hydrogen) atoms. The summed E-state index contributed by atoms with van der Waals surface area (Å²) in [4.78, 5) is 0. The summed E-state index contributed by atoms with van der Waals surface area (Å²) in [6.45, 7) is 8.14. The SMILES string of the molecule is CC(C)c1c(-c2cccc(C(F)(F)F)c2)c(-n2c3ccccc3c3ccccc32)c(-c2cccc(C(F)(F)F)c2)c(C(C)C)c1-n1c2ccccc2c2ccccc21. The van der Waals surface area contributed by atoms with Crippen molar-refractivity contribution >= 4 is 43.6 Å². The number of benzene rings is 7. The molecule has 0 atom stereocenters. The van der Waals surface area contributed by atoms with Crippen LogP contribution in [0.2, 0.25) is 0 Å². The van der Waals surface area contributed by atoms with Gasteiger partial charge in [0.2, 0.25) is 0 Å². The Labute approximate surface area is 331 Å². The van der Waals surface area contributed by atoms with Crippen molar-refractivity contribution in [1.29, 1.82) is 0 Å². The largest absolute Gasteiger partial charge is 0.416 e. The van der Waals surface area contributed by atoms with Crippen LogP contribution in [0.1, 0.15) is 61.8 Å². The summed E-state index contributed by atoms with van der Waals surface area (Å²) in [7, 11) is 0. The first-order valence-corrected chi connectivity index (χ1v) is 19.3. The first-order valence-electron chi connectivity index (χ1n) is 19.3. The summed E-state index contributed by atoms with van der Waals surface area (Å²) in [6.07, 6.45) is -9.31. The summed E-state index contributed by atoms with van der Waals surface area (Å²) in [5, 5.41) is 3.78. The van der Waals surface area contributed by atoms with E-state index in [9.17, 15) is 26.3 Å². The Balaban J connectivity index is 1.63. The van der Waals surface area contributed by atoms with Gasteiger partial charge in [-0.25, -0.2) is 0 Å². The lowest BCUT2D eigenvalue weighted by Crippen LogP contribution is -2.15. The van der Waals surface area contributed by atoms with Gasteiger partial charge in [0, 0.05) is 32.7 Å². The number of nitrogens with zero attached hydrogens (tertiary/aromatic N) is 2. The van der Waals surface area contributed by atoms with Gasteiger partial charge >= 0.3 is 12.4 Å². The van der Waals surface area contributed by atoms with Crippen LogP contribution in [0.3, 0.4) is 0 Å². The van der Waals surface area contributed by atoms with E-state index >= 15 is 0 Å². The Kier molecular flexibility index (Phi) is 8.80. The zero-order valence-electron chi connectivity index (χ0n) is 32.2. The van der Waals surface area contributed by atoms with Gasteiger partial charge in [0.25, 0.3) is 0 Å². The molecule has 9 aromatic rings. The van der Waals surface area contributed by atoms with Gasteiger partial charge in [0.05, 0.1) is 44.6 Å². The van der Waals surface area contributed by atoms with Crippen LogP contribution in [0.15, 0.2) is 146 Å². The molecule has 0 aliphatic heterocycles. The first kappa shape index (κ1) is 37.3. The van der Waals surface area contributed by atoms with Crippen molar-refractivity contribution in [2.24, 2.45) is 0 Å². The van der Waals surface area contributed by atoms with E-state index in [-0.39, 0.29) is 11.8 Å². The standard InChI is InChI=1S/C50H38F6N2/c1-29(2)43-45(31-15-13-17-33(27-31)49(51,52)53)48(58-41-25-11-7-21-37(41)38-22-8-12-26-42(38)58)46(32-16-14-18-34(28-32)50(54,55)56)44(30(3)4)47(43)57-39-23-9-5-19-35(39)36-20-6-10-24-40(36)57/h5-30H,1-4H3. The average molecular weight is 781 g/mol. The molecule has 9 rings (SSSR count). The minimum absolute atomic E-state index is 0.278. The molecular formula is C50H38F6N2. The highest BCUT2D eigenvalue weighted by Crippen LogP contribution is 2.53. The fraction of sp³-hybridized carbons (Fsp3) is 0.160. The van der Waals surface area contributed by atoms with Crippen molar-refractivity contribution in [2.75, 3.05) is 0 Å². The van der Waals surface area contributed by atoms with Crippen molar-refractivity contribution in [3.05, 3.63) is 168 Å². The van der Waals surface area contributed by atoms with Crippen molar-refractivity contribution in [2.45, 2.75) is 51.9 Å². The van der Waals surface area contributed by atoms with Crippen LogP contribution in [0.25, 0.3) is 77.2 Å². The van der Waals surface area contributed by atoms with Gasteiger partial charge in [0.15, 0.2) is 0 Å². The maximum absolute atomic E-state index is 14.7. The molecule has 0 N–H and O–H groups in total. The number of halogens is 6. The van der Waals surface area contributed by atoms with Crippen LogP contribution in [-0.4, -0.2) is 9.13 Å². The van der Waals surface area contributed by atoms with Crippen LogP contribution in [-0.2, 0) is 12.4 Å². The summed E-state index contributed by atoms with van der Waals surface area (Å²) in [6, 6.07) is 42.3. The fourth-order valence-electron chi connectivity index (χ4n) is 8.96. The van der Waals surface area contributed by atoms with Gasteiger partial charge in [-0.1, -0.05) is 125 Å². The third kappa shape index (κ3) is 5.88. The van der Waals surface area contributed by atoms with Crippen molar-refractivity contribution < 1.29 is 26.3 Å². The topological polar surface area (TPSA) is 9.86 Å². The van der Waals surface area contributed by atoms with Crippen LogP contribution in [0.4, 0.5) is 26.3 Å². The molecule has 0 aliphatic rings. The minimum atomic E-state index is -4.65. The third-order valence-electron chi connectivity index (χ3n) is 11.2. The number of alkyl halides is 6. The van der Waals surface area contributed by atoms with Gasteiger partial charge in [0.1, 0.15) is 0 Å². The fourth-order valence-corrected chi connectivity index (χ4v) is 8.96. The molecule has 0 bridgehead atoms. The second-order valence-electron chi connectivity index (χ2n) is 15.5. The summed E-state index contributed by atoms with van der Waals surface area (Å²) in [5.41, 5.74) is 6.13. The van der Waals surface area contributed by atoms with Gasteiger partial charge in [-0.05, 0) is 82.6 Å². The zero-order chi connectivity index (χ0) is 40.7. The lowest BCUT2D eigenvalue weighted by atomic mass is 9.79. The Morgan fingerprint density at radius 1 is 0.379 bits per heavy atom. The number of hydrogen-bond donors (Lipinski definition) is 0. The highest BCUT2D eigenvalue weighted by molar-refractivity contribution is 6.13.